The van der Waals surface area contributed by atoms with Gasteiger partial charge in [0.25, 0.3) is 0 Å². The Hall–Kier alpha value is -0.450. The molecule has 1 spiro atoms. The van der Waals surface area contributed by atoms with Gasteiger partial charge in [0.15, 0.2) is 0 Å². The van der Waals surface area contributed by atoms with Crippen molar-refractivity contribution >= 4 is 5.78 Å². The normalized spacial score (nSPS) is 31.3. The first-order valence-corrected chi connectivity index (χ1v) is 8.37. The molecule has 0 amide bonds. The zero-order valence-corrected chi connectivity index (χ0v) is 12.5. The number of ether oxygens (including phenoxy) is 1. The number of hydrogen-bond donors (Lipinski definition) is 1. The summed E-state index contributed by atoms with van der Waals surface area (Å²) in [4.78, 5) is 14.9. The lowest BCUT2D eigenvalue weighted by Crippen LogP contribution is -2.43. The molecule has 20 heavy (non-hydrogen) atoms. The molecule has 0 aromatic heterocycles. The molecule has 3 rings (SSSR count). The molecule has 4 nitrogen and oxygen atoms in total. The monoisotopic (exact) mass is 280 g/mol. The Balaban J connectivity index is 1.53. The highest BCUT2D eigenvalue weighted by Gasteiger charge is 2.41. The minimum Gasteiger partial charge on any atom is -0.375 e. The lowest BCUT2D eigenvalue weighted by molar-refractivity contribution is -0.137. The predicted octanol–water partition coefficient (Wildman–Crippen LogP) is 1.59. The number of ketones is 1. The summed E-state index contributed by atoms with van der Waals surface area (Å²) in [6.45, 7) is 5.63. The van der Waals surface area contributed by atoms with Crippen molar-refractivity contribution in [3.63, 3.8) is 0 Å². The van der Waals surface area contributed by atoms with Crippen LogP contribution in [-0.4, -0.2) is 55.6 Å². The molecule has 1 N–H and O–H groups in total. The van der Waals surface area contributed by atoms with Crippen molar-refractivity contribution in [1.82, 2.24) is 10.2 Å². The number of carbonyl (C=O) groups is 1. The van der Waals surface area contributed by atoms with E-state index in [4.69, 9.17) is 4.74 Å². The SMILES string of the molecule is O=C(CN1CCCNCC1)C1CCOC2(CCCC2)C1. The molecule has 114 valence electrons. The van der Waals surface area contributed by atoms with Gasteiger partial charge in [0, 0.05) is 25.6 Å². The third-order valence-corrected chi connectivity index (χ3v) is 5.28. The van der Waals surface area contributed by atoms with Gasteiger partial charge in [0.2, 0.25) is 0 Å². The van der Waals surface area contributed by atoms with Gasteiger partial charge in [0.1, 0.15) is 5.78 Å². The summed E-state index contributed by atoms with van der Waals surface area (Å²) in [5.74, 6) is 0.708. The van der Waals surface area contributed by atoms with Crippen LogP contribution in [0.5, 0.6) is 0 Å². The summed E-state index contributed by atoms with van der Waals surface area (Å²) in [6, 6.07) is 0. The van der Waals surface area contributed by atoms with Gasteiger partial charge in [-0.15, -0.1) is 0 Å². The Morgan fingerprint density at radius 3 is 2.90 bits per heavy atom. The third-order valence-electron chi connectivity index (χ3n) is 5.28. The molecule has 1 aliphatic carbocycles. The van der Waals surface area contributed by atoms with Gasteiger partial charge < -0.3 is 10.1 Å². The molecule has 4 heteroatoms. The molecule has 3 fully saturated rings. The largest absolute Gasteiger partial charge is 0.375 e. The molecule has 1 atom stereocenters. The van der Waals surface area contributed by atoms with Crippen LogP contribution in [0.25, 0.3) is 0 Å². The van der Waals surface area contributed by atoms with E-state index in [9.17, 15) is 4.79 Å². The summed E-state index contributed by atoms with van der Waals surface area (Å²) in [7, 11) is 0. The maximum Gasteiger partial charge on any atom is 0.150 e. The Labute approximate surface area is 122 Å². The lowest BCUT2D eigenvalue weighted by atomic mass is 9.82. The van der Waals surface area contributed by atoms with Gasteiger partial charge in [-0.1, -0.05) is 12.8 Å². The van der Waals surface area contributed by atoms with Gasteiger partial charge >= 0.3 is 0 Å². The Bertz CT molecular complexity index is 331. The van der Waals surface area contributed by atoms with E-state index in [0.29, 0.717) is 12.3 Å². The highest BCUT2D eigenvalue weighted by molar-refractivity contribution is 5.83. The van der Waals surface area contributed by atoms with Crippen LogP contribution < -0.4 is 5.32 Å². The first-order chi connectivity index (χ1) is 9.77. The zero-order chi connectivity index (χ0) is 13.8. The first-order valence-electron chi connectivity index (χ1n) is 8.37. The molecule has 0 bridgehead atoms. The lowest BCUT2D eigenvalue weighted by Gasteiger charge is -2.38. The quantitative estimate of drug-likeness (QED) is 0.852. The third kappa shape index (κ3) is 3.41. The van der Waals surface area contributed by atoms with Gasteiger partial charge in [-0.25, -0.2) is 0 Å². The van der Waals surface area contributed by atoms with Gasteiger partial charge in [-0.3, -0.25) is 9.69 Å². The van der Waals surface area contributed by atoms with Crippen molar-refractivity contribution in [2.75, 3.05) is 39.3 Å². The van der Waals surface area contributed by atoms with Crippen molar-refractivity contribution in [3.8, 4) is 0 Å². The number of carbonyl (C=O) groups excluding carboxylic acids is 1. The molecule has 2 aliphatic heterocycles. The minimum absolute atomic E-state index is 0.0684. The molecule has 1 unspecified atom stereocenters. The zero-order valence-electron chi connectivity index (χ0n) is 12.5. The predicted molar refractivity (Wildman–Crippen MR) is 78.8 cm³/mol. The first kappa shape index (κ1) is 14.5. The standard InChI is InChI=1S/C16H28N2O2/c19-15(13-18-9-3-7-17-8-10-18)14-4-11-20-16(12-14)5-1-2-6-16/h14,17H,1-13H2. The van der Waals surface area contributed by atoms with Crippen molar-refractivity contribution in [1.29, 1.82) is 0 Å². The van der Waals surface area contributed by atoms with Gasteiger partial charge in [-0.05, 0) is 45.2 Å². The molecule has 0 aromatic rings. The van der Waals surface area contributed by atoms with E-state index in [-0.39, 0.29) is 11.5 Å². The van der Waals surface area contributed by atoms with E-state index in [1.54, 1.807) is 0 Å². The Morgan fingerprint density at radius 2 is 2.05 bits per heavy atom. The average Bonchev–Trinajstić information content (AvgIpc) is 2.74. The fourth-order valence-electron chi connectivity index (χ4n) is 4.08. The second-order valence-corrected chi connectivity index (χ2v) is 6.77. The summed E-state index contributed by atoms with van der Waals surface area (Å²) >= 11 is 0. The van der Waals surface area contributed by atoms with Crippen LogP contribution in [0.3, 0.4) is 0 Å². The van der Waals surface area contributed by atoms with Crippen LogP contribution in [-0.2, 0) is 9.53 Å². The van der Waals surface area contributed by atoms with Crippen molar-refractivity contribution in [3.05, 3.63) is 0 Å². The van der Waals surface area contributed by atoms with E-state index in [0.717, 1.165) is 52.0 Å². The summed E-state index contributed by atoms with van der Waals surface area (Å²) in [5.41, 5.74) is 0.0684. The average molecular weight is 280 g/mol. The number of Topliss-reactive ketones (excluding diaryl/α,β-unsaturated/α-hetero) is 1. The van der Waals surface area contributed by atoms with Crippen LogP contribution >= 0.6 is 0 Å². The molecule has 3 aliphatic rings. The van der Waals surface area contributed by atoms with Crippen LogP contribution in [0, 0.1) is 5.92 Å². The molecule has 0 radical (unpaired) electrons. The second kappa shape index (κ2) is 6.54. The van der Waals surface area contributed by atoms with Crippen molar-refractivity contribution < 1.29 is 9.53 Å². The van der Waals surface area contributed by atoms with E-state index in [2.05, 4.69) is 10.2 Å². The van der Waals surface area contributed by atoms with E-state index < -0.39 is 0 Å². The highest BCUT2D eigenvalue weighted by Crippen LogP contribution is 2.42. The molecule has 0 aromatic carbocycles. The topological polar surface area (TPSA) is 41.6 Å². The van der Waals surface area contributed by atoms with Crippen LogP contribution in [0.2, 0.25) is 0 Å². The highest BCUT2D eigenvalue weighted by atomic mass is 16.5. The smallest absolute Gasteiger partial charge is 0.150 e. The van der Waals surface area contributed by atoms with Crippen LogP contribution in [0.4, 0.5) is 0 Å². The van der Waals surface area contributed by atoms with Crippen molar-refractivity contribution in [2.45, 2.75) is 50.5 Å². The summed E-state index contributed by atoms with van der Waals surface area (Å²) < 4.78 is 6.04. The molecule has 2 saturated heterocycles. The maximum absolute atomic E-state index is 12.6. The molecular formula is C16H28N2O2. The minimum atomic E-state index is 0.0684. The Morgan fingerprint density at radius 1 is 1.20 bits per heavy atom. The van der Waals surface area contributed by atoms with Gasteiger partial charge in [-0.2, -0.15) is 0 Å². The van der Waals surface area contributed by atoms with Crippen LogP contribution in [0.1, 0.15) is 44.9 Å². The van der Waals surface area contributed by atoms with E-state index in [1.807, 2.05) is 0 Å². The number of nitrogens with one attached hydrogen (secondary N) is 1. The second-order valence-electron chi connectivity index (χ2n) is 6.77. The summed E-state index contributed by atoms with van der Waals surface area (Å²) in [6.07, 6.45) is 7.97. The number of rotatable bonds is 3. The molecule has 2 heterocycles. The number of nitrogens with zero attached hydrogens (tertiary/aromatic N) is 1. The molecule has 1 saturated carbocycles. The molecular weight excluding hydrogens is 252 g/mol. The maximum atomic E-state index is 12.6. The fraction of sp³-hybridized carbons (Fsp3) is 0.938. The van der Waals surface area contributed by atoms with Crippen molar-refractivity contribution in [2.24, 2.45) is 5.92 Å². The van der Waals surface area contributed by atoms with E-state index >= 15 is 0 Å². The summed E-state index contributed by atoms with van der Waals surface area (Å²) in [5, 5.41) is 3.40. The Kier molecular flexibility index (Phi) is 4.74. The van der Waals surface area contributed by atoms with Crippen LogP contribution in [0.15, 0.2) is 0 Å². The number of hydrogen-bond acceptors (Lipinski definition) is 4. The van der Waals surface area contributed by atoms with E-state index in [1.165, 1.54) is 25.7 Å². The van der Waals surface area contributed by atoms with Gasteiger partial charge in [0.05, 0.1) is 12.1 Å². The fourth-order valence-corrected chi connectivity index (χ4v) is 4.08.